The van der Waals surface area contributed by atoms with Gasteiger partial charge in [-0.15, -0.1) is 0 Å². The van der Waals surface area contributed by atoms with Crippen LogP contribution in [-0.2, 0) is 20.7 Å². The standard InChI is InChI=1S/C22H33N3O5/c1-14(2)17(13-30-21(26)7-6-8-23)24-22(27)16-9-15-10-19(28-4)20(29-5)11-18(15)25(3)12-16/h10-12,14,17H,6-9,13,23H2,1-5H3,(H,24,27). The Labute approximate surface area is 178 Å². The molecule has 1 heterocycles. The van der Waals surface area contributed by atoms with Crippen molar-refractivity contribution in [2.24, 2.45) is 11.7 Å². The number of nitrogens with one attached hydrogen (secondary N) is 1. The summed E-state index contributed by atoms with van der Waals surface area (Å²) in [5, 5.41) is 3.01. The summed E-state index contributed by atoms with van der Waals surface area (Å²) in [6.45, 7) is 4.54. The lowest BCUT2D eigenvalue weighted by Crippen LogP contribution is -2.43. The number of hydrogen-bond donors (Lipinski definition) is 2. The molecule has 0 saturated heterocycles. The van der Waals surface area contributed by atoms with Crippen LogP contribution < -0.4 is 25.4 Å². The second-order valence-electron chi connectivity index (χ2n) is 7.68. The van der Waals surface area contributed by atoms with Crippen molar-refractivity contribution in [1.29, 1.82) is 0 Å². The van der Waals surface area contributed by atoms with Crippen LogP contribution in [0.4, 0.5) is 5.69 Å². The molecule has 8 heteroatoms. The molecule has 0 aromatic heterocycles. The third kappa shape index (κ3) is 5.89. The Bertz CT molecular complexity index is 791. The Morgan fingerprint density at radius 1 is 1.20 bits per heavy atom. The number of rotatable bonds is 10. The first kappa shape index (κ1) is 23.5. The molecule has 1 atom stereocenters. The molecule has 3 N–H and O–H groups in total. The lowest BCUT2D eigenvalue weighted by atomic mass is 9.97. The van der Waals surface area contributed by atoms with Gasteiger partial charge in [-0.05, 0) is 30.5 Å². The SMILES string of the molecule is COc1cc2c(cc1OC)N(C)C=C(C(=O)NC(COC(=O)CCCN)C(C)C)C2. The monoisotopic (exact) mass is 419 g/mol. The van der Waals surface area contributed by atoms with E-state index in [0.717, 1.165) is 11.3 Å². The Morgan fingerprint density at radius 2 is 1.87 bits per heavy atom. The molecule has 0 radical (unpaired) electrons. The molecule has 0 fully saturated rings. The van der Waals surface area contributed by atoms with Crippen LogP contribution in [0.5, 0.6) is 11.5 Å². The number of hydrogen-bond acceptors (Lipinski definition) is 7. The number of fused-ring (bicyclic) bond motifs is 1. The van der Waals surface area contributed by atoms with Crippen molar-refractivity contribution < 1.29 is 23.8 Å². The molecular weight excluding hydrogens is 386 g/mol. The smallest absolute Gasteiger partial charge is 0.305 e. The van der Waals surface area contributed by atoms with Crippen molar-refractivity contribution in [3.8, 4) is 11.5 Å². The Hall–Kier alpha value is -2.74. The Kier molecular flexibility index (Phi) is 8.53. The van der Waals surface area contributed by atoms with Crippen LogP contribution in [0.3, 0.4) is 0 Å². The predicted molar refractivity (Wildman–Crippen MR) is 116 cm³/mol. The number of anilines is 1. The lowest BCUT2D eigenvalue weighted by molar-refractivity contribution is -0.145. The highest BCUT2D eigenvalue weighted by atomic mass is 16.5. The Balaban J connectivity index is 2.08. The zero-order valence-corrected chi connectivity index (χ0v) is 18.5. The van der Waals surface area contributed by atoms with E-state index in [4.69, 9.17) is 19.9 Å². The van der Waals surface area contributed by atoms with Crippen LogP contribution in [0.25, 0.3) is 0 Å². The first-order valence-corrected chi connectivity index (χ1v) is 10.2. The third-order valence-electron chi connectivity index (χ3n) is 5.12. The van der Waals surface area contributed by atoms with Gasteiger partial charge in [0.1, 0.15) is 6.61 Å². The summed E-state index contributed by atoms with van der Waals surface area (Å²) in [5.41, 5.74) is 7.97. The van der Waals surface area contributed by atoms with Crippen LogP contribution in [0.1, 0.15) is 32.3 Å². The fourth-order valence-electron chi connectivity index (χ4n) is 3.24. The van der Waals surface area contributed by atoms with E-state index >= 15 is 0 Å². The summed E-state index contributed by atoms with van der Waals surface area (Å²) >= 11 is 0. The molecule has 1 unspecified atom stereocenters. The minimum atomic E-state index is -0.299. The van der Waals surface area contributed by atoms with Crippen LogP contribution >= 0.6 is 0 Å². The van der Waals surface area contributed by atoms with Gasteiger partial charge < -0.3 is 30.2 Å². The van der Waals surface area contributed by atoms with Crippen molar-refractivity contribution in [2.45, 2.75) is 39.2 Å². The average molecular weight is 420 g/mol. The van der Waals surface area contributed by atoms with E-state index in [2.05, 4.69) is 5.32 Å². The lowest BCUT2D eigenvalue weighted by Gasteiger charge is -2.28. The van der Waals surface area contributed by atoms with Gasteiger partial charge in [0.25, 0.3) is 0 Å². The highest BCUT2D eigenvalue weighted by Crippen LogP contribution is 2.38. The summed E-state index contributed by atoms with van der Waals surface area (Å²) in [5.74, 6) is 0.886. The number of methoxy groups -OCH3 is 2. The fraction of sp³-hybridized carbons (Fsp3) is 0.545. The molecule has 30 heavy (non-hydrogen) atoms. The number of esters is 1. The minimum Gasteiger partial charge on any atom is -0.493 e. The first-order valence-electron chi connectivity index (χ1n) is 10.2. The maximum absolute atomic E-state index is 12.9. The number of nitrogens with zero attached hydrogens (tertiary/aromatic N) is 1. The summed E-state index contributed by atoms with van der Waals surface area (Å²) in [7, 11) is 5.06. The van der Waals surface area contributed by atoms with E-state index < -0.39 is 0 Å². The molecule has 1 aromatic carbocycles. The summed E-state index contributed by atoms with van der Waals surface area (Å²) in [6, 6.07) is 3.51. The van der Waals surface area contributed by atoms with E-state index in [1.165, 1.54) is 0 Å². The van der Waals surface area contributed by atoms with E-state index in [1.807, 2.05) is 44.1 Å². The van der Waals surface area contributed by atoms with Crippen LogP contribution in [-0.4, -0.2) is 52.3 Å². The fourth-order valence-corrected chi connectivity index (χ4v) is 3.24. The molecule has 8 nitrogen and oxygen atoms in total. The predicted octanol–water partition coefficient (Wildman–Crippen LogP) is 2.00. The van der Waals surface area contributed by atoms with Crippen molar-refractivity contribution in [3.63, 3.8) is 0 Å². The molecule has 1 aromatic rings. The molecule has 1 aliphatic heterocycles. The zero-order valence-electron chi connectivity index (χ0n) is 18.5. The molecule has 0 spiro atoms. The summed E-state index contributed by atoms with van der Waals surface area (Å²) in [6.07, 6.45) is 3.15. The van der Waals surface area contributed by atoms with E-state index in [1.54, 1.807) is 14.2 Å². The quantitative estimate of drug-likeness (QED) is 0.559. The number of carbonyl (C=O) groups excluding carboxylic acids is 2. The highest BCUT2D eigenvalue weighted by molar-refractivity contribution is 5.95. The molecule has 0 saturated carbocycles. The van der Waals surface area contributed by atoms with Crippen molar-refractivity contribution >= 4 is 17.6 Å². The summed E-state index contributed by atoms with van der Waals surface area (Å²) < 4.78 is 16.1. The van der Waals surface area contributed by atoms with Gasteiger partial charge in [-0.3, -0.25) is 9.59 Å². The van der Waals surface area contributed by atoms with Gasteiger partial charge in [-0.2, -0.15) is 0 Å². The first-order chi connectivity index (χ1) is 14.3. The normalized spacial score (nSPS) is 14.0. The molecule has 2 rings (SSSR count). The second kappa shape index (κ2) is 10.9. The largest absolute Gasteiger partial charge is 0.493 e. The molecule has 1 amide bonds. The van der Waals surface area contributed by atoms with E-state index in [-0.39, 0.29) is 36.9 Å². The Morgan fingerprint density at radius 3 is 2.47 bits per heavy atom. The van der Waals surface area contributed by atoms with Crippen LogP contribution in [0.15, 0.2) is 23.9 Å². The number of nitrogens with two attached hydrogens (primary N) is 1. The molecule has 166 valence electrons. The van der Waals surface area contributed by atoms with Crippen molar-refractivity contribution in [2.75, 3.05) is 39.3 Å². The second-order valence-corrected chi connectivity index (χ2v) is 7.68. The molecule has 0 aliphatic carbocycles. The summed E-state index contributed by atoms with van der Waals surface area (Å²) in [4.78, 5) is 26.6. The van der Waals surface area contributed by atoms with Gasteiger partial charge in [0.2, 0.25) is 5.91 Å². The van der Waals surface area contributed by atoms with Crippen LogP contribution in [0.2, 0.25) is 0 Å². The molecule has 0 bridgehead atoms. The topological polar surface area (TPSA) is 103 Å². The average Bonchev–Trinajstić information content (AvgIpc) is 2.73. The van der Waals surface area contributed by atoms with Gasteiger partial charge in [-0.1, -0.05) is 13.8 Å². The van der Waals surface area contributed by atoms with Crippen molar-refractivity contribution in [1.82, 2.24) is 5.32 Å². The number of amides is 1. The van der Waals surface area contributed by atoms with Gasteiger partial charge in [0, 0.05) is 43.4 Å². The van der Waals surface area contributed by atoms with Gasteiger partial charge >= 0.3 is 5.97 Å². The molecule has 1 aliphatic rings. The third-order valence-corrected chi connectivity index (χ3v) is 5.12. The number of benzene rings is 1. The van der Waals surface area contributed by atoms with Gasteiger partial charge in [-0.25, -0.2) is 0 Å². The highest BCUT2D eigenvalue weighted by Gasteiger charge is 2.25. The van der Waals surface area contributed by atoms with Gasteiger partial charge in [0.05, 0.1) is 20.3 Å². The van der Waals surface area contributed by atoms with E-state index in [9.17, 15) is 9.59 Å². The number of carbonyl (C=O) groups is 2. The van der Waals surface area contributed by atoms with Crippen molar-refractivity contribution in [3.05, 3.63) is 29.5 Å². The maximum atomic E-state index is 12.9. The van der Waals surface area contributed by atoms with E-state index in [0.29, 0.717) is 36.5 Å². The zero-order chi connectivity index (χ0) is 22.3. The van der Waals surface area contributed by atoms with Gasteiger partial charge in [0.15, 0.2) is 11.5 Å². The minimum absolute atomic E-state index is 0.106. The maximum Gasteiger partial charge on any atom is 0.305 e. The van der Waals surface area contributed by atoms with Crippen LogP contribution in [0, 0.1) is 5.92 Å². The molecular formula is C22H33N3O5. The number of ether oxygens (including phenoxy) is 3.